The van der Waals surface area contributed by atoms with E-state index in [4.69, 9.17) is 5.11 Å². The van der Waals surface area contributed by atoms with Gasteiger partial charge >= 0.3 is 5.97 Å². The molecule has 19 heavy (non-hydrogen) atoms. The van der Waals surface area contributed by atoms with Gasteiger partial charge in [-0.15, -0.1) is 0 Å². The van der Waals surface area contributed by atoms with Gasteiger partial charge in [0.2, 0.25) is 0 Å². The number of thioether (sulfide) groups is 1. The van der Waals surface area contributed by atoms with Crippen molar-refractivity contribution >= 4 is 17.7 Å². The van der Waals surface area contributed by atoms with E-state index in [2.05, 4.69) is 44.2 Å². The summed E-state index contributed by atoms with van der Waals surface area (Å²) in [6.07, 6.45) is 1.88. The van der Waals surface area contributed by atoms with Crippen molar-refractivity contribution in [3.8, 4) is 0 Å². The van der Waals surface area contributed by atoms with Crippen LogP contribution in [0.3, 0.4) is 0 Å². The highest BCUT2D eigenvalue weighted by Gasteiger charge is 2.17. The summed E-state index contributed by atoms with van der Waals surface area (Å²) >= 11 is 1.30. The molecule has 5 heteroatoms. The fraction of sp³-hybridized carbons (Fsp3) is 0.714. The molecule has 0 spiro atoms. The number of carbonyl (C=O) groups is 1. The fourth-order valence-corrected chi connectivity index (χ4v) is 2.47. The molecule has 1 aromatic heterocycles. The van der Waals surface area contributed by atoms with Crippen molar-refractivity contribution in [2.45, 2.75) is 52.2 Å². The average Bonchev–Trinajstić information content (AvgIpc) is 2.69. The van der Waals surface area contributed by atoms with Gasteiger partial charge in [0.1, 0.15) is 0 Å². The summed E-state index contributed by atoms with van der Waals surface area (Å²) in [6, 6.07) is 0. The van der Waals surface area contributed by atoms with Gasteiger partial charge in [-0.3, -0.25) is 4.79 Å². The molecule has 0 bridgehead atoms. The van der Waals surface area contributed by atoms with Crippen molar-refractivity contribution in [2.75, 3.05) is 5.75 Å². The first-order chi connectivity index (χ1) is 8.82. The van der Waals surface area contributed by atoms with Gasteiger partial charge in [-0.1, -0.05) is 46.4 Å². The van der Waals surface area contributed by atoms with E-state index >= 15 is 0 Å². The second kappa shape index (κ2) is 6.98. The van der Waals surface area contributed by atoms with Gasteiger partial charge in [0.15, 0.2) is 5.16 Å². The first-order valence-corrected chi connectivity index (χ1v) is 7.71. The molecular weight excluding hydrogens is 260 g/mol. The van der Waals surface area contributed by atoms with Crippen LogP contribution in [0.1, 0.15) is 46.2 Å². The first-order valence-electron chi connectivity index (χ1n) is 6.73. The summed E-state index contributed by atoms with van der Waals surface area (Å²) in [7, 11) is 0. The van der Waals surface area contributed by atoms with Gasteiger partial charge in [-0.25, -0.2) is 4.98 Å². The van der Waals surface area contributed by atoms with Crippen molar-refractivity contribution in [3.63, 3.8) is 0 Å². The number of hydrogen-bond acceptors (Lipinski definition) is 3. The Bertz CT molecular complexity index is 427. The zero-order chi connectivity index (χ0) is 14.6. The first kappa shape index (κ1) is 16.1. The van der Waals surface area contributed by atoms with Gasteiger partial charge in [-0.05, 0) is 17.8 Å². The topological polar surface area (TPSA) is 55.1 Å². The summed E-state index contributed by atoms with van der Waals surface area (Å²) in [6.45, 7) is 11.8. The lowest BCUT2D eigenvalue weighted by atomic mass is 9.98. The number of rotatable bonds is 7. The number of nitrogens with zero attached hydrogens (tertiary/aromatic N) is 2. The molecule has 1 rings (SSSR count). The van der Waals surface area contributed by atoms with Crippen molar-refractivity contribution in [2.24, 2.45) is 11.8 Å². The molecule has 0 aromatic carbocycles. The summed E-state index contributed by atoms with van der Waals surface area (Å²) in [5.74, 6) is 0.786. The lowest BCUT2D eigenvalue weighted by Gasteiger charge is -2.20. The third kappa shape index (κ3) is 4.56. The minimum atomic E-state index is -0.803. The molecule has 0 saturated carbocycles. The predicted molar refractivity (Wildman–Crippen MR) is 78.7 cm³/mol. The van der Waals surface area contributed by atoms with Crippen LogP contribution in [-0.2, 0) is 11.3 Å². The average molecular weight is 284 g/mol. The van der Waals surface area contributed by atoms with Crippen LogP contribution in [0.4, 0.5) is 0 Å². The third-order valence-corrected chi connectivity index (χ3v) is 4.35. The zero-order valence-electron chi connectivity index (χ0n) is 12.4. The van der Waals surface area contributed by atoms with Gasteiger partial charge in [-0.2, -0.15) is 0 Å². The third-order valence-electron chi connectivity index (χ3n) is 3.37. The normalized spacial score (nSPS) is 13.2. The fourth-order valence-electron chi connectivity index (χ4n) is 1.76. The molecule has 1 N–H and O–H groups in total. The monoisotopic (exact) mass is 284 g/mol. The number of aliphatic carboxylic acids is 1. The van der Waals surface area contributed by atoms with Gasteiger partial charge in [0, 0.05) is 18.4 Å². The Labute approximate surface area is 119 Å². The molecule has 0 saturated heterocycles. The number of hydrogen-bond donors (Lipinski definition) is 1. The van der Waals surface area contributed by atoms with Crippen LogP contribution in [0.25, 0.3) is 0 Å². The van der Waals surface area contributed by atoms with Crippen molar-refractivity contribution in [3.05, 3.63) is 11.9 Å². The van der Waals surface area contributed by atoms with E-state index in [0.717, 1.165) is 11.7 Å². The largest absolute Gasteiger partial charge is 0.481 e. The summed E-state index contributed by atoms with van der Waals surface area (Å²) in [5, 5.41) is 9.61. The van der Waals surface area contributed by atoms with E-state index in [1.54, 1.807) is 0 Å². The van der Waals surface area contributed by atoms with Gasteiger partial charge < -0.3 is 9.67 Å². The Kier molecular flexibility index (Phi) is 5.91. The molecule has 1 unspecified atom stereocenters. The maximum Gasteiger partial charge on any atom is 0.313 e. The SMILES string of the molecule is CC(C)c1cnc(SCC(=O)O)n1CC(C)C(C)C. The smallest absolute Gasteiger partial charge is 0.313 e. The minimum absolute atomic E-state index is 0.0601. The van der Waals surface area contributed by atoms with Crippen LogP contribution < -0.4 is 0 Å². The van der Waals surface area contributed by atoms with E-state index < -0.39 is 5.97 Å². The van der Waals surface area contributed by atoms with E-state index in [1.807, 2.05) is 6.20 Å². The molecule has 4 nitrogen and oxygen atoms in total. The lowest BCUT2D eigenvalue weighted by molar-refractivity contribution is -0.133. The molecule has 0 radical (unpaired) electrons. The highest BCUT2D eigenvalue weighted by atomic mass is 32.2. The Balaban J connectivity index is 2.94. The molecule has 108 valence electrons. The van der Waals surface area contributed by atoms with Crippen LogP contribution in [-0.4, -0.2) is 26.4 Å². The van der Waals surface area contributed by atoms with Crippen LogP contribution in [0, 0.1) is 11.8 Å². The summed E-state index contributed by atoms with van der Waals surface area (Å²) < 4.78 is 2.18. The lowest BCUT2D eigenvalue weighted by Crippen LogP contribution is -2.16. The van der Waals surface area contributed by atoms with E-state index in [9.17, 15) is 4.79 Å². The molecule has 1 heterocycles. The zero-order valence-corrected chi connectivity index (χ0v) is 13.2. The van der Waals surface area contributed by atoms with Crippen LogP contribution in [0.15, 0.2) is 11.4 Å². The number of imidazole rings is 1. The van der Waals surface area contributed by atoms with Crippen molar-refractivity contribution in [1.29, 1.82) is 0 Å². The molecule has 1 atom stereocenters. The van der Waals surface area contributed by atoms with E-state index in [1.165, 1.54) is 17.5 Å². The van der Waals surface area contributed by atoms with E-state index in [-0.39, 0.29) is 5.75 Å². The standard InChI is InChI=1S/C14H24N2O2S/c1-9(2)11(5)7-16-12(10(3)4)6-15-14(16)19-8-13(17)18/h6,9-11H,7-8H2,1-5H3,(H,17,18). The Hall–Kier alpha value is -0.970. The highest BCUT2D eigenvalue weighted by molar-refractivity contribution is 7.99. The maximum absolute atomic E-state index is 10.7. The Morgan fingerprint density at radius 3 is 2.47 bits per heavy atom. The van der Waals surface area contributed by atoms with Crippen molar-refractivity contribution < 1.29 is 9.90 Å². The summed E-state index contributed by atoms with van der Waals surface area (Å²) in [4.78, 5) is 15.1. The molecule has 0 aliphatic carbocycles. The van der Waals surface area contributed by atoms with Crippen LogP contribution in [0.2, 0.25) is 0 Å². The number of aromatic nitrogens is 2. The predicted octanol–water partition coefficient (Wildman–Crippen LogP) is 3.48. The molecule has 0 aliphatic rings. The van der Waals surface area contributed by atoms with Gasteiger partial charge in [0.05, 0.1) is 5.75 Å². The molecule has 0 amide bonds. The molecule has 1 aromatic rings. The second-order valence-corrected chi connectivity index (χ2v) is 6.58. The minimum Gasteiger partial charge on any atom is -0.481 e. The Morgan fingerprint density at radius 2 is 2.00 bits per heavy atom. The maximum atomic E-state index is 10.7. The van der Waals surface area contributed by atoms with Gasteiger partial charge in [0.25, 0.3) is 0 Å². The molecule has 0 fully saturated rings. The van der Waals surface area contributed by atoms with E-state index in [0.29, 0.717) is 17.8 Å². The quantitative estimate of drug-likeness (QED) is 0.779. The van der Waals surface area contributed by atoms with Crippen LogP contribution in [0.5, 0.6) is 0 Å². The molecular formula is C14H24N2O2S. The summed E-state index contributed by atoms with van der Waals surface area (Å²) in [5.41, 5.74) is 1.18. The van der Waals surface area contributed by atoms with Crippen molar-refractivity contribution in [1.82, 2.24) is 9.55 Å². The van der Waals surface area contributed by atoms with Crippen LogP contribution >= 0.6 is 11.8 Å². The number of carboxylic acid groups (broad SMARTS) is 1. The number of carboxylic acids is 1. The Morgan fingerprint density at radius 1 is 1.37 bits per heavy atom. The highest BCUT2D eigenvalue weighted by Crippen LogP contribution is 2.26. The second-order valence-electron chi connectivity index (χ2n) is 5.63. The molecule has 0 aliphatic heterocycles.